The maximum absolute atomic E-state index is 14.4. The van der Waals surface area contributed by atoms with Crippen LogP contribution in [-0.4, -0.2) is 43.2 Å². The largest absolute Gasteiger partial charge is 0.382 e. The van der Waals surface area contributed by atoms with E-state index in [4.69, 9.17) is 16.3 Å². The van der Waals surface area contributed by atoms with Crippen LogP contribution in [0.2, 0.25) is 5.02 Å². The first-order valence-corrected chi connectivity index (χ1v) is 11.7. The highest BCUT2D eigenvalue weighted by Crippen LogP contribution is 2.32. The average Bonchev–Trinajstić information content (AvgIpc) is 2.81. The van der Waals surface area contributed by atoms with Gasteiger partial charge in [0.05, 0.1) is 16.6 Å². The van der Waals surface area contributed by atoms with E-state index < -0.39 is 0 Å². The molecule has 0 bridgehead atoms. The van der Waals surface area contributed by atoms with Crippen molar-refractivity contribution in [2.75, 3.05) is 36.9 Å². The molecule has 0 unspecified atom stereocenters. The molecule has 2 aliphatic rings. The van der Waals surface area contributed by atoms with E-state index in [1.165, 1.54) is 12.3 Å². The van der Waals surface area contributed by atoms with Crippen LogP contribution >= 0.6 is 11.6 Å². The molecule has 3 heterocycles. The number of rotatable bonds is 6. The number of ether oxygens (including phenoxy) is 1. The van der Waals surface area contributed by atoms with Gasteiger partial charge in [-0.1, -0.05) is 17.7 Å². The Hall–Kier alpha value is -2.22. The second kappa shape index (κ2) is 10.6. The van der Waals surface area contributed by atoms with Crippen LogP contribution in [0.25, 0.3) is 11.1 Å². The monoisotopic (exact) mass is 460 g/mol. The summed E-state index contributed by atoms with van der Waals surface area (Å²) in [7, 11) is 0. The number of nitrogens with one attached hydrogen (secondary N) is 3. The van der Waals surface area contributed by atoms with E-state index in [0.717, 1.165) is 44.5 Å². The summed E-state index contributed by atoms with van der Waals surface area (Å²) in [5.41, 5.74) is 1.90. The first kappa shape index (κ1) is 23.0. The summed E-state index contributed by atoms with van der Waals surface area (Å²) in [5.74, 6) is 0.463. The van der Waals surface area contributed by atoms with Gasteiger partial charge in [0.25, 0.3) is 0 Å². The quantitative estimate of drug-likeness (QED) is 0.582. The fourth-order valence-corrected chi connectivity index (χ4v) is 4.42. The summed E-state index contributed by atoms with van der Waals surface area (Å²) < 4.78 is 19.8. The molecule has 1 amide bonds. The lowest BCUT2D eigenvalue weighted by Crippen LogP contribution is -2.41. The zero-order chi connectivity index (χ0) is 22.5. The third kappa shape index (κ3) is 5.77. The summed E-state index contributed by atoms with van der Waals surface area (Å²) in [6, 6.07) is 7.06. The number of carbonyl (C=O) groups is 1. The lowest BCUT2D eigenvalue weighted by molar-refractivity contribution is -0.120. The first-order valence-electron chi connectivity index (χ1n) is 11.3. The molecular formula is C24H30ClFN4O2. The van der Waals surface area contributed by atoms with Crippen molar-refractivity contribution < 1.29 is 13.9 Å². The number of amides is 1. The van der Waals surface area contributed by atoms with E-state index in [-0.39, 0.29) is 17.6 Å². The molecule has 0 spiro atoms. The summed E-state index contributed by atoms with van der Waals surface area (Å²) in [6.07, 6.45) is 5.29. The van der Waals surface area contributed by atoms with Gasteiger partial charge >= 0.3 is 0 Å². The molecule has 2 aliphatic heterocycles. The zero-order valence-electron chi connectivity index (χ0n) is 18.3. The fraction of sp³-hybridized carbons (Fsp3) is 0.500. The van der Waals surface area contributed by atoms with Crippen molar-refractivity contribution in [1.82, 2.24) is 10.3 Å². The number of halogens is 2. The van der Waals surface area contributed by atoms with Gasteiger partial charge in [-0.3, -0.25) is 4.79 Å². The lowest BCUT2D eigenvalue weighted by atomic mass is 9.95. The van der Waals surface area contributed by atoms with Crippen molar-refractivity contribution in [2.24, 2.45) is 11.8 Å². The van der Waals surface area contributed by atoms with Gasteiger partial charge in [-0.15, -0.1) is 0 Å². The molecule has 2 saturated heterocycles. The van der Waals surface area contributed by atoms with Crippen LogP contribution in [0.1, 0.15) is 32.6 Å². The van der Waals surface area contributed by atoms with Crippen molar-refractivity contribution in [3.8, 4) is 11.1 Å². The van der Waals surface area contributed by atoms with E-state index >= 15 is 0 Å². The number of benzene rings is 1. The van der Waals surface area contributed by atoms with E-state index in [1.807, 2.05) is 0 Å². The summed E-state index contributed by atoms with van der Waals surface area (Å²) >= 11 is 6.41. The number of pyridine rings is 1. The number of hydrogen-bond donors (Lipinski definition) is 3. The van der Waals surface area contributed by atoms with Crippen LogP contribution in [0.5, 0.6) is 0 Å². The van der Waals surface area contributed by atoms with Gasteiger partial charge < -0.3 is 20.7 Å². The fourth-order valence-electron chi connectivity index (χ4n) is 4.21. The minimum Gasteiger partial charge on any atom is -0.382 e. The number of piperidine rings is 1. The Morgan fingerprint density at radius 1 is 1.25 bits per heavy atom. The SMILES string of the molecule is C[C@H]1CC[C@H](C(=O)Nc2cc(-c3ccc(F)c(NCC4CCOCC4)c3)c(Cl)cn2)CN1. The van der Waals surface area contributed by atoms with Gasteiger partial charge in [0.2, 0.25) is 5.91 Å². The Balaban J connectivity index is 1.47. The van der Waals surface area contributed by atoms with E-state index in [1.54, 1.807) is 18.2 Å². The molecule has 4 rings (SSSR count). The number of anilines is 2. The first-order chi connectivity index (χ1) is 15.5. The molecule has 0 saturated carbocycles. The molecule has 1 aromatic carbocycles. The predicted molar refractivity (Wildman–Crippen MR) is 125 cm³/mol. The van der Waals surface area contributed by atoms with Gasteiger partial charge in [0.15, 0.2) is 0 Å². The van der Waals surface area contributed by atoms with Crippen LogP contribution in [0.4, 0.5) is 15.9 Å². The molecule has 2 fully saturated rings. The normalized spacial score (nSPS) is 21.8. The number of hydrogen-bond acceptors (Lipinski definition) is 5. The Morgan fingerprint density at radius 3 is 2.81 bits per heavy atom. The second-order valence-corrected chi connectivity index (χ2v) is 9.16. The molecular weight excluding hydrogens is 431 g/mol. The third-order valence-corrected chi connectivity index (χ3v) is 6.64. The van der Waals surface area contributed by atoms with Crippen molar-refractivity contribution in [3.63, 3.8) is 0 Å². The summed E-state index contributed by atoms with van der Waals surface area (Å²) in [4.78, 5) is 16.9. The number of nitrogens with zero attached hydrogens (tertiary/aromatic N) is 1. The third-order valence-electron chi connectivity index (χ3n) is 6.34. The van der Waals surface area contributed by atoms with Crippen LogP contribution in [-0.2, 0) is 9.53 Å². The van der Waals surface area contributed by atoms with Crippen molar-refractivity contribution in [3.05, 3.63) is 41.3 Å². The van der Waals surface area contributed by atoms with Gasteiger partial charge in [0.1, 0.15) is 11.6 Å². The van der Waals surface area contributed by atoms with Gasteiger partial charge in [-0.2, -0.15) is 0 Å². The topological polar surface area (TPSA) is 75.3 Å². The highest BCUT2D eigenvalue weighted by Gasteiger charge is 2.24. The van der Waals surface area contributed by atoms with Gasteiger partial charge in [-0.05, 0) is 62.3 Å². The molecule has 3 N–H and O–H groups in total. The Labute approximate surface area is 193 Å². The summed E-state index contributed by atoms with van der Waals surface area (Å²) in [6.45, 7) is 4.99. The number of carbonyl (C=O) groups excluding carboxylic acids is 1. The predicted octanol–water partition coefficient (Wildman–Crippen LogP) is 4.71. The van der Waals surface area contributed by atoms with Crippen LogP contribution < -0.4 is 16.0 Å². The highest BCUT2D eigenvalue weighted by molar-refractivity contribution is 6.33. The van der Waals surface area contributed by atoms with E-state index in [9.17, 15) is 9.18 Å². The van der Waals surface area contributed by atoms with Crippen LogP contribution in [0.15, 0.2) is 30.5 Å². The van der Waals surface area contributed by atoms with Crippen LogP contribution in [0.3, 0.4) is 0 Å². The molecule has 1 aromatic heterocycles. The Bertz CT molecular complexity index is 944. The molecule has 8 heteroatoms. The van der Waals surface area contributed by atoms with Crippen LogP contribution in [0, 0.1) is 17.7 Å². The maximum Gasteiger partial charge on any atom is 0.229 e. The minimum atomic E-state index is -0.307. The smallest absolute Gasteiger partial charge is 0.229 e. The zero-order valence-corrected chi connectivity index (χ0v) is 19.1. The molecule has 2 atom stereocenters. The van der Waals surface area contributed by atoms with E-state index in [0.29, 0.717) is 47.1 Å². The summed E-state index contributed by atoms with van der Waals surface area (Å²) in [5, 5.41) is 9.93. The molecule has 32 heavy (non-hydrogen) atoms. The standard InChI is InChI=1S/C24H30ClFN4O2/c1-15-2-3-18(13-27-15)24(31)30-23-11-19(20(25)14-29-23)17-4-5-21(26)22(10-17)28-12-16-6-8-32-9-7-16/h4-5,10-11,14-16,18,27-28H,2-3,6-9,12-13H2,1H3,(H,29,30,31)/t15-,18-/m0/s1. The van der Waals surface area contributed by atoms with Crippen molar-refractivity contribution in [1.29, 1.82) is 0 Å². The average molecular weight is 461 g/mol. The Kier molecular flexibility index (Phi) is 7.60. The minimum absolute atomic E-state index is 0.0527. The van der Waals surface area contributed by atoms with Gasteiger partial charge in [-0.25, -0.2) is 9.37 Å². The van der Waals surface area contributed by atoms with Crippen molar-refractivity contribution >= 4 is 29.0 Å². The van der Waals surface area contributed by atoms with E-state index in [2.05, 4.69) is 27.9 Å². The van der Waals surface area contributed by atoms with Crippen molar-refractivity contribution in [2.45, 2.75) is 38.6 Å². The molecule has 0 aliphatic carbocycles. The molecule has 0 radical (unpaired) electrons. The Morgan fingerprint density at radius 2 is 2.06 bits per heavy atom. The highest BCUT2D eigenvalue weighted by atomic mass is 35.5. The second-order valence-electron chi connectivity index (χ2n) is 8.75. The number of aromatic nitrogens is 1. The molecule has 6 nitrogen and oxygen atoms in total. The maximum atomic E-state index is 14.4. The molecule has 2 aromatic rings. The van der Waals surface area contributed by atoms with Gasteiger partial charge in [0, 0.05) is 44.1 Å². The molecule has 172 valence electrons. The lowest BCUT2D eigenvalue weighted by Gasteiger charge is -2.26.